The average Bonchev–Trinajstić information content (AvgIpc) is 3.47. The summed E-state index contributed by atoms with van der Waals surface area (Å²) in [5.41, 5.74) is 2.17. The number of hydrogen-bond donors (Lipinski definition) is 2. The molecule has 0 radical (unpaired) electrons. The number of aliphatic hydroxyl groups excluding tert-OH is 1. The maximum absolute atomic E-state index is 14.9. The number of benzene rings is 3. The first-order valence-corrected chi connectivity index (χ1v) is 18.8. The Bertz CT molecular complexity index is 1580. The highest BCUT2D eigenvalue weighted by Gasteiger charge is 2.66. The van der Waals surface area contributed by atoms with E-state index in [1.807, 2.05) is 59.5 Å². The Morgan fingerprint density at radius 1 is 1.02 bits per heavy atom. The van der Waals surface area contributed by atoms with Crippen molar-refractivity contribution in [2.75, 3.05) is 50.3 Å². The fourth-order valence-corrected chi connectivity index (χ4v) is 11.9. The minimum absolute atomic E-state index is 0.0303. The number of ether oxygens (including phenoxy) is 3. The van der Waals surface area contributed by atoms with Gasteiger partial charge in [0, 0.05) is 36.9 Å². The Kier molecular flexibility index (Phi) is 8.51. The second-order valence-electron chi connectivity index (χ2n) is 12.8. The number of carbonyl (C=O) groups is 2. The molecule has 2 N–H and O–H groups in total. The van der Waals surface area contributed by atoms with Crippen LogP contribution in [0.4, 0.5) is 11.4 Å². The fraction of sp³-hybridized carbons (Fsp3) is 0.429. The molecule has 0 aromatic heterocycles. The smallest absolute Gasteiger partial charge is 0.264 e. The minimum Gasteiger partial charge on any atom is -0.497 e. The highest BCUT2D eigenvalue weighted by atomic mass is 28.3. The lowest BCUT2D eigenvalue weighted by Crippen LogP contribution is -2.51. The summed E-state index contributed by atoms with van der Waals surface area (Å²) in [4.78, 5) is 31.1. The lowest BCUT2D eigenvalue weighted by molar-refractivity contribution is -0.146. The third kappa shape index (κ3) is 5.23. The Balaban J connectivity index is 1.40. The summed E-state index contributed by atoms with van der Waals surface area (Å²) in [5, 5.41) is 14.5. The van der Waals surface area contributed by atoms with Crippen molar-refractivity contribution >= 4 is 36.4 Å². The van der Waals surface area contributed by atoms with Crippen LogP contribution in [0.3, 0.4) is 0 Å². The van der Waals surface area contributed by atoms with E-state index in [4.69, 9.17) is 14.2 Å². The van der Waals surface area contributed by atoms with E-state index in [0.717, 1.165) is 34.8 Å². The maximum atomic E-state index is 14.9. The summed E-state index contributed by atoms with van der Waals surface area (Å²) in [7, 11) is 1.01. The summed E-state index contributed by atoms with van der Waals surface area (Å²) in [6, 6.07) is 21.9. The van der Waals surface area contributed by atoms with E-state index in [1.165, 1.54) is 5.19 Å². The molecule has 0 saturated carbocycles. The van der Waals surface area contributed by atoms with Gasteiger partial charge in [0.25, 0.3) is 5.91 Å². The molecule has 2 fully saturated rings. The predicted molar refractivity (Wildman–Crippen MR) is 177 cm³/mol. The molecule has 10 heteroatoms. The molecule has 6 rings (SSSR count). The lowest BCUT2D eigenvalue weighted by atomic mass is 9.82. The number of methoxy groups -OCH3 is 2. The number of amides is 2. The molecule has 0 aliphatic carbocycles. The molecule has 238 valence electrons. The quantitative estimate of drug-likeness (QED) is 0.348. The molecule has 3 aliphatic rings. The van der Waals surface area contributed by atoms with Crippen LogP contribution in [0.1, 0.15) is 24.5 Å². The summed E-state index contributed by atoms with van der Waals surface area (Å²) in [5.74, 6) is 1.21. The number of nitrogens with zero attached hydrogens (tertiary/aromatic N) is 2. The molecule has 4 atom stereocenters. The molecule has 1 spiro atoms. The van der Waals surface area contributed by atoms with E-state index in [-0.39, 0.29) is 36.0 Å². The van der Waals surface area contributed by atoms with Crippen LogP contribution in [0, 0.1) is 5.92 Å². The van der Waals surface area contributed by atoms with Gasteiger partial charge in [-0.3, -0.25) is 9.59 Å². The van der Waals surface area contributed by atoms with Gasteiger partial charge in [-0.05, 0) is 60.0 Å². The van der Waals surface area contributed by atoms with Gasteiger partial charge in [-0.25, -0.2) is 0 Å². The Morgan fingerprint density at radius 3 is 2.44 bits per heavy atom. The standard InChI is InChI=1S/C35H43N3O6Si/c1-23-33(45(4,5)28-12-9-26(42-2)10-13-28)31(15-18-39)44-35(23)29-20-27(43-3)11-14-30(29)38(34(35)41)22-24-7-6-8-25(19-24)37-17-16-36-21-32(37)40/h6-14,19-20,23,31,33,36,39H,15-18,21-22H2,1-5H3/t23-,31+,33-,35+/m1/s1. The zero-order chi connectivity index (χ0) is 31.9. The number of nitrogens with one attached hydrogen (secondary N) is 1. The van der Waals surface area contributed by atoms with Crippen LogP contribution in [0.25, 0.3) is 0 Å². The molecule has 3 aliphatic heterocycles. The molecule has 3 aromatic rings. The highest BCUT2D eigenvalue weighted by molar-refractivity contribution is 6.91. The van der Waals surface area contributed by atoms with Crippen molar-refractivity contribution in [2.45, 2.75) is 50.2 Å². The Labute approximate surface area is 266 Å². The molecule has 9 nitrogen and oxygen atoms in total. The third-order valence-corrected chi connectivity index (χ3v) is 14.5. The van der Waals surface area contributed by atoms with Crippen LogP contribution >= 0.6 is 0 Å². The zero-order valence-corrected chi connectivity index (χ0v) is 27.7. The number of carbonyl (C=O) groups excluding carboxylic acids is 2. The van der Waals surface area contributed by atoms with Gasteiger partial charge < -0.3 is 34.4 Å². The van der Waals surface area contributed by atoms with E-state index in [1.54, 1.807) is 19.1 Å². The maximum Gasteiger partial charge on any atom is 0.264 e. The average molecular weight is 630 g/mol. The van der Waals surface area contributed by atoms with Crippen molar-refractivity contribution in [3.8, 4) is 11.5 Å². The lowest BCUT2D eigenvalue weighted by Gasteiger charge is -2.37. The second-order valence-corrected chi connectivity index (χ2v) is 17.5. The summed E-state index contributed by atoms with van der Waals surface area (Å²) in [6.07, 6.45) is 0.134. The van der Waals surface area contributed by atoms with Crippen LogP contribution < -0.4 is 29.8 Å². The first kappa shape index (κ1) is 31.3. The predicted octanol–water partition coefficient (Wildman–Crippen LogP) is 3.79. The van der Waals surface area contributed by atoms with Gasteiger partial charge in [-0.1, -0.05) is 49.5 Å². The van der Waals surface area contributed by atoms with Gasteiger partial charge in [0.1, 0.15) is 11.5 Å². The molecular weight excluding hydrogens is 586 g/mol. The number of fused-ring (bicyclic) bond motifs is 2. The topological polar surface area (TPSA) is 101 Å². The summed E-state index contributed by atoms with van der Waals surface area (Å²) < 4.78 is 18.1. The van der Waals surface area contributed by atoms with Crippen LogP contribution in [0.15, 0.2) is 66.7 Å². The second kappa shape index (κ2) is 12.2. The van der Waals surface area contributed by atoms with E-state index in [2.05, 4.69) is 37.5 Å². The van der Waals surface area contributed by atoms with Crippen molar-refractivity contribution in [3.05, 3.63) is 77.9 Å². The molecule has 0 unspecified atom stereocenters. The van der Waals surface area contributed by atoms with Crippen LogP contribution in [0.2, 0.25) is 18.6 Å². The van der Waals surface area contributed by atoms with Crippen LogP contribution in [-0.2, 0) is 26.5 Å². The molecule has 2 saturated heterocycles. The fourth-order valence-electron chi connectivity index (χ4n) is 7.86. The number of anilines is 2. The molecule has 3 aromatic carbocycles. The minimum atomic E-state index is -2.28. The summed E-state index contributed by atoms with van der Waals surface area (Å²) in [6.45, 7) is 8.75. The van der Waals surface area contributed by atoms with Crippen LogP contribution in [0.5, 0.6) is 11.5 Å². The number of piperazine rings is 1. The van der Waals surface area contributed by atoms with Gasteiger partial charge in [0.05, 0.1) is 47.2 Å². The Morgan fingerprint density at radius 2 is 1.76 bits per heavy atom. The van der Waals surface area contributed by atoms with Gasteiger partial charge in [-0.15, -0.1) is 0 Å². The largest absolute Gasteiger partial charge is 0.497 e. The van der Waals surface area contributed by atoms with Crippen molar-refractivity contribution in [2.24, 2.45) is 5.92 Å². The monoisotopic (exact) mass is 629 g/mol. The van der Waals surface area contributed by atoms with E-state index >= 15 is 0 Å². The molecule has 2 amide bonds. The molecule has 3 heterocycles. The van der Waals surface area contributed by atoms with E-state index in [9.17, 15) is 14.7 Å². The normalized spacial score (nSPS) is 24.8. The van der Waals surface area contributed by atoms with Crippen molar-refractivity contribution in [1.29, 1.82) is 0 Å². The summed E-state index contributed by atoms with van der Waals surface area (Å²) >= 11 is 0. The third-order valence-electron chi connectivity index (χ3n) is 10.1. The number of hydrogen-bond acceptors (Lipinski definition) is 7. The van der Waals surface area contributed by atoms with Crippen molar-refractivity contribution in [3.63, 3.8) is 0 Å². The van der Waals surface area contributed by atoms with Crippen LogP contribution in [-0.4, -0.2) is 71.6 Å². The first-order valence-electron chi connectivity index (χ1n) is 15.7. The molecule has 45 heavy (non-hydrogen) atoms. The van der Waals surface area contributed by atoms with Crippen molar-refractivity contribution < 1.29 is 28.9 Å². The van der Waals surface area contributed by atoms with E-state index in [0.29, 0.717) is 31.8 Å². The SMILES string of the molecule is COc1ccc([Si](C)(C)[C@H]2[C@H](CCO)O[C@@]3(C(=O)N(Cc4cccc(N5CCNCC5=O)c4)c4ccc(OC)cc43)[C@@H]2C)cc1. The molecule has 0 bridgehead atoms. The van der Waals surface area contributed by atoms with Gasteiger partial charge in [-0.2, -0.15) is 0 Å². The number of rotatable bonds is 9. The molecular formula is C35H43N3O6Si. The van der Waals surface area contributed by atoms with Gasteiger partial charge in [0.15, 0.2) is 5.60 Å². The van der Waals surface area contributed by atoms with E-state index < -0.39 is 13.7 Å². The number of aliphatic hydroxyl groups is 1. The van der Waals surface area contributed by atoms with Gasteiger partial charge >= 0.3 is 0 Å². The Hall–Kier alpha value is -3.70. The zero-order valence-electron chi connectivity index (χ0n) is 26.7. The highest BCUT2D eigenvalue weighted by Crippen LogP contribution is 2.60. The van der Waals surface area contributed by atoms with Gasteiger partial charge in [0.2, 0.25) is 5.91 Å². The van der Waals surface area contributed by atoms with Crippen molar-refractivity contribution in [1.82, 2.24) is 5.32 Å². The first-order chi connectivity index (χ1) is 21.6.